The van der Waals surface area contributed by atoms with Gasteiger partial charge >= 0.3 is 12.4 Å². The van der Waals surface area contributed by atoms with Crippen molar-refractivity contribution >= 4 is 23.6 Å². The SMILES string of the molecule is CCC1=C2[C@@H](CC/C(C)=C/c3ccc(O)c(F)c3)OC[C@@H]2[C@@H]2C(=O)N(c3cc(C(F)(F)F)cc(C(F)(F)F)c3)C(=O)[C@@H]2C1. The monoisotopic (exact) mass is 611 g/mol. The number of aromatic hydroxyl groups is 1. The van der Waals surface area contributed by atoms with Gasteiger partial charge in [0.05, 0.1) is 41.4 Å². The lowest BCUT2D eigenvalue weighted by Crippen LogP contribution is -2.34. The van der Waals surface area contributed by atoms with Gasteiger partial charge in [0.2, 0.25) is 11.8 Å². The number of fused-ring (bicyclic) bond motifs is 3. The predicted molar refractivity (Wildman–Crippen MR) is 142 cm³/mol. The number of carbonyl (C=O) groups is 2. The molecule has 43 heavy (non-hydrogen) atoms. The van der Waals surface area contributed by atoms with Crippen LogP contribution in [0.25, 0.3) is 6.08 Å². The van der Waals surface area contributed by atoms with Gasteiger partial charge in [-0.3, -0.25) is 9.59 Å². The van der Waals surface area contributed by atoms with Crippen molar-refractivity contribution in [2.24, 2.45) is 17.8 Å². The van der Waals surface area contributed by atoms with Gasteiger partial charge in [-0.15, -0.1) is 0 Å². The molecule has 0 bridgehead atoms. The first-order valence-electron chi connectivity index (χ1n) is 13.8. The first-order chi connectivity index (χ1) is 20.1. The molecule has 0 unspecified atom stereocenters. The highest BCUT2D eigenvalue weighted by atomic mass is 19.4. The molecule has 0 spiro atoms. The van der Waals surface area contributed by atoms with Crippen LogP contribution in [0.1, 0.15) is 56.2 Å². The van der Waals surface area contributed by atoms with E-state index in [-0.39, 0.29) is 19.1 Å². The number of alkyl halides is 6. The number of carbonyl (C=O) groups excluding carboxylic acids is 2. The molecule has 0 aromatic heterocycles. The second kappa shape index (κ2) is 11.1. The minimum absolute atomic E-state index is 0.0412. The van der Waals surface area contributed by atoms with E-state index in [1.807, 2.05) is 13.8 Å². The fourth-order valence-electron chi connectivity index (χ4n) is 6.46. The largest absolute Gasteiger partial charge is 0.505 e. The number of benzene rings is 2. The van der Waals surface area contributed by atoms with Crippen LogP contribution in [0.5, 0.6) is 5.75 Å². The molecule has 2 saturated heterocycles. The molecular formula is C31H28F7NO4. The van der Waals surface area contributed by atoms with Gasteiger partial charge in [0.15, 0.2) is 11.6 Å². The number of hydrogen-bond acceptors (Lipinski definition) is 4. The summed E-state index contributed by atoms with van der Waals surface area (Å²) < 4.78 is 101. The number of phenolic OH excluding ortho intramolecular Hbond substituents is 1. The summed E-state index contributed by atoms with van der Waals surface area (Å²) in [6, 6.07) is 4.79. The summed E-state index contributed by atoms with van der Waals surface area (Å²) in [5, 5.41) is 9.40. The lowest BCUT2D eigenvalue weighted by molar-refractivity contribution is -0.143. The van der Waals surface area contributed by atoms with E-state index in [1.165, 1.54) is 12.1 Å². The molecule has 2 aliphatic heterocycles. The van der Waals surface area contributed by atoms with E-state index in [4.69, 9.17) is 4.74 Å². The number of nitrogens with zero attached hydrogens (tertiary/aromatic N) is 1. The summed E-state index contributed by atoms with van der Waals surface area (Å²) in [4.78, 5) is 27.6. The van der Waals surface area contributed by atoms with Gasteiger partial charge < -0.3 is 9.84 Å². The van der Waals surface area contributed by atoms with Crippen LogP contribution in [0.4, 0.5) is 36.4 Å². The number of imide groups is 1. The molecule has 2 aromatic rings. The lowest BCUT2D eigenvalue weighted by Gasteiger charge is -2.31. The topological polar surface area (TPSA) is 66.8 Å². The van der Waals surface area contributed by atoms with Crippen molar-refractivity contribution in [2.45, 2.75) is 58.0 Å². The first kappa shape index (κ1) is 30.8. The van der Waals surface area contributed by atoms with Gasteiger partial charge in [-0.1, -0.05) is 30.2 Å². The van der Waals surface area contributed by atoms with E-state index >= 15 is 0 Å². The average Bonchev–Trinajstić information content (AvgIpc) is 3.46. The summed E-state index contributed by atoms with van der Waals surface area (Å²) in [6.07, 6.45) is -7.17. The highest BCUT2D eigenvalue weighted by Gasteiger charge is 2.57. The van der Waals surface area contributed by atoms with Crippen LogP contribution in [-0.4, -0.2) is 29.6 Å². The highest BCUT2D eigenvalue weighted by molar-refractivity contribution is 6.22. The fourth-order valence-corrected chi connectivity index (χ4v) is 6.46. The molecule has 2 aromatic carbocycles. The van der Waals surface area contributed by atoms with Crippen LogP contribution in [0.3, 0.4) is 0 Å². The Hall–Kier alpha value is -3.67. The molecule has 1 aliphatic carbocycles. The van der Waals surface area contributed by atoms with Gasteiger partial charge in [0.1, 0.15) is 0 Å². The highest BCUT2D eigenvalue weighted by Crippen LogP contribution is 2.52. The zero-order valence-electron chi connectivity index (χ0n) is 23.2. The van der Waals surface area contributed by atoms with Crippen molar-refractivity contribution in [3.05, 3.63) is 75.6 Å². The fraction of sp³-hybridized carbons (Fsp3) is 0.419. The number of amides is 2. The first-order valence-corrected chi connectivity index (χ1v) is 13.8. The Kier molecular flexibility index (Phi) is 7.95. The molecule has 2 heterocycles. The molecule has 5 nitrogen and oxygen atoms in total. The van der Waals surface area contributed by atoms with Crippen molar-refractivity contribution in [3.8, 4) is 5.75 Å². The van der Waals surface area contributed by atoms with Crippen LogP contribution < -0.4 is 4.90 Å². The third-order valence-corrected chi connectivity index (χ3v) is 8.45. The maximum Gasteiger partial charge on any atom is 0.416 e. The number of hydrogen-bond donors (Lipinski definition) is 1. The number of phenols is 1. The smallest absolute Gasteiger partial charge is 0.416 e. The summed E-state index contributed by atoms with van der Waals surface area (Å²) in [5.41, 5.74) is -0.771. The maximum atomic E-state index is 13.7. The van der Waals surface area contributed by atoms with E-state index in [9.17, 15) is 45.4 Å². The van der Waals surface area contributed by atoms with Crippen molar-refractivity contribution in [1.82, 2.24) is 0 Å². The number of halogens is 7. The van der Waals surface area contributed by atoms with Crippen LogP contribution >= 0.6 is 0 Å². The summed E-state index contributed by atoms with van der Waals surface area (Å²) in [7, 11) is 0. The third-order valence-electron chi connectivity index (χ3n) is 8.45. The van der Waals surface area contributed by atoms with E-state index in [1.54, 1.807) is 12.1 Å². The maximum absolute atomic E-state index is 13.7. The number of rotatable bonds is 6. The van der Waals surface area contributed by atoms with Gasteiger partial charge in [-0.25, -0.2) is 9.29 Å². The van der Waals surface area contributed by atoms with Crippen LogP contribution in [0.15, 0.2) is 53.1 Å². The summed E-state index contributed by atoms with van der Waals surface area (Å²) >= 11 is 0. The zero-order chi connectivity index (χ0) is 31.4. The van der Waals surface area contributed by atoms with Crippen LogP contribution in [0.2, 0.25) is 0 Å². The Morgan fingerprint density at radius 3 is 2.23 bits per heavy atom. The van der Waals surface area contributed by atoms with Crippen molar-refractivity contribution < 1.29 is 50.2 Å². The number of ether oxygens (including phenoxy) is 1. The van der Waals surface area contributed by atoms with Gasteiger partial charge in [0, 0.05) is 5.92 Å². The quantitative estimate of drug-likeness (QED) is 0.207. The van der Waals surface area contributed by atoms with Crippen molar-refractivity contribution in [1.29, 1.82) is 0 Å². The molecular weight excluding hydrogens is 583 g/mol. The summed E-state index contributed by atoms with van der Waals surface area (Å²) in [6.45, 7) is 3.81. The molecule has 3 aliphatic rings. The zero-order valence-corrected chi connectivity index (χ0v) is 23.2. The summed E-state index contributed by atoms with van der Waals surface area (Å²) in [5.74, 6) is -5.30. The molecule has 2 amide bonds. The molecule has 5 rings (SSSR count). The minimum Gasteiger partial charge on any atom is -0.505 e. The Balaban J connectivity index is 1.40. The molecule has 4 atom stereocenters. The third kappa shape index (κ3) is 5.81. The van der Waals surface area contributed by atoms with E-state index in [0.717, 1.165) is 16.7 Å². The van der Waals surface area contributed by atoms with Crippen molar-refractivity contribution in [3.63, 3.8) is 0 Å². The molecule has 1 N–H and O–H groups in total. The van der Waals surface area contributed by atoms with E-state index in [2.05, 4.69) is 0 Å². The standard InChI is InChI=1S/C31H28F7NO4/c1-3-17-10-21-27(22-14-43-25(26(17)22)7-4-15(2)8-16-5-6-24(40)23(32)9-16)29(42)39(28(21)41)20-12-18(30(33,34)35)11-19(13-20)31(36,37)38/h5-6,8-9,11-13,21-22,25,27,40H,3-4,7,10,14H2,1-2H3/b15-8+/t21-,22+,25-,27-/m1/s1. The molecule has 0 saturated carbocycles. The minimum atomic E-state index is -5.13. The van der Waals surface area contributed by atoms with Gasteiger partial charge in [0.25, 0.3) is 0 Å². The van der Waals surface area contributed by atoms with E-state index in [0.29, 0.717) is 41.9 Å². The molecule has 12 heteroatoms. The Bertz CT molecular complexity index is 1490. The average molecular weight is 612 g/mol. The van der Waals surface area contributed by atoms with E-state index < -0.39 is 76.4 Å². The Morgan fingerprint density at radius 1 is 1.00 bits per heavy atom. The second-order valence-corrected chi connectivity index (χ2v) is 11.2. The van der Waals surface area contributed by atoms with Gasteiger partial charge in [-0.2, -0.15) is 26.3 Å². The van der Waals surface area contributed by atoms with Gasteiger partial charge in [-0.05, 0) is 74.1 Å². The molecule has 230 valence electrons. The van der Waals surface area contributed by atoms with Crippen LogP contribution in [0, 0.1) is 23.6 Å². The number of allylic oxidation sites excluding steroid dienone is 2. The Morgan fingerprint density at radius 2 is 1.65 bits per heavy atom. The van der Waals surface area contributed by atoms with Crippen molar-refractivity contribution in [2.75, 3.05) is 11.5 Å². The normalized spacial score (nSPS) is 24.6. The molecule has 2 fully saturated rings. The number of anilines is 1. The second-order valence-electron chi connectivity index (χ2n) is 11.2. The lowest BCUT2D eigenvalue weighted by atomic mass is 9.69. The Labute approximate surface area is 242 Å². The molecule has 0 radical (unpaired) electrons. The van der Waals surface area contributed by atoms with Crippen LogP contribution in [-0.2, 0) is 26.7 Å². The predicted octanol–water partition coefficient (Wildman–Crippen LogP) is 7.68.